The van der Waals surface area contributed by atoms with Crippen LogP contribution in [0.4, 0.5) is 0 Å². The predicted octanol–water partition coefficient (Wildman–Crippen LogP) is 3.26. The second kappa shape index (κ2) is 6.81. The van der Waals surface area contributed by atoms with E-state index in [2.05, 4.69) is 29.6 Å². The molecule has 1 N–H and O–H groups in total. The number of amides is 2. The third-order valence-corrected chi connectivity index (χ3v) is 5.85. The van der Waals surface area contributed by atoms with Crippen molar-refractivity contribution in [1.82, 2.24) is 10.2 Å². The molecule has 0 aromatic heterocycles. The number of nitrogens with zero attached hydrogens (tertiary/aromatic N) is 1. The molecule has 0 radical (unpaired) electrons. The first-order valence-electron chi connectivity index (χ1n) is 9.46. The van der Waals surface area contributed by atoms with Crippen molar-refractivity contribution in [3.8, 4) is 0 Å². The molecule has 1 aliphatic carbocycles. The summed E-state index contributed by atoms with van der Waals surface area (Å²) >= 11 is 0. The highest BCUT2D eigenvalue weighted by Crippen LogP contribution is 2.40. The Labute approximate surface area is 151 Å². The molecule has 2 aliphatic rings. The van der Waals surface area contributed by atoms with Gasteiger partial charge in [-0.2, -0.15) is 0 Å². The van der Waals surface area contributed by atoms with Gasteiger partial charge in [-0.05, 0) is 39.2 Å². The van der Waals surface area contributed by atoms with Gasteiger partial charge in [0, 0.05) is 30.5 Å². The molecule has 4 heteroatoms. The van der Waals surface area contributed by atoms with Crippen LogP contribution in [0.5, 0.6) is 0 Å². The van der Waals surface area contributed by atoms with Crippen molar-refractivity contribution >= 4 is 11.8 Å². The summed E-state index contributed by atoms with van der Waals surface area (Å²) < 4.78 is 0. The van der Waals surface area contributed by atoms with Gasteiger partial charge in [-0.1, -0.05) is 43.2 Å². The summed E-state index contributed by atoms with van der Waals surface area (Å²) in [5.74, 6) is -0.102. The minimum Gasteiger partial charge on any atom is -0.355 e. The van der Waals surface area contributed by atoms with E-state index in [0.29, 0.717) is 19.5 Å². The molecule has 1 aromatic carbocycles. The Morgan fingerprint density at radius 3 is 2.40 bits per heavy atom. The lowest BCUT2D eigenvalue weighted by Gasteiger charge is -2.32. The lowest BCUT2D eigenvalue weighted by Crippen LogP contribution is -2.44. The number of carbonyl (C=O) groups excluding carboxylic acids is 2. The van der Waals surface area contributed by atoms with E-state index in [4.69, 9.17) is 0 Å². The van der Waals surface area contributed by atoms with Gasteiger partial charge in [-0.3, -0.25) is 9.59 Å². The summed E-state index contributed by atoms with van der Waals surface area (Å²) in [6.45, 7) is 7.28. The molecule has 1 aliphatic heterocycles. The van der Waals surface area contributed by atoms with Gasteiger partial charge in [0.25, 0.3) is 0 Å². The van der Waals surface area contributed by atoms with Crippen molar-refractivity contribution < 1.29 is 9.59 Å². The van der Waals surface area contributed by atoms with Crippen LogP contribution in [0.1, 0.15) is 58.4 Å². The third-order valence-electron chi connectivity index (χ3n) is 5.85. The molecule has 3 rings (SSSR count). The molecule has 1 aromatic rings. The molecule has 2 fully saturated rings. The summed E-state index contributed by atoms with van der Waals surface area (Å²) in [6.07, 6.45) is 5.00. The molecule has 1 atom stereocenters. The maximum absolute atomic E-state index is 12.7. The normalized spacial score (nSPS) is 23.1. The quantitative estimate of drug-likeness (QED) is 0.913. The number of hydrogen-bond donors (Lipinski definition) is 1. The lowest BCUT2D eigenvalue weighted by molar-refractivity contribution is -0.132. The molecule has 2 amide bonds. The van der Waals surface area contributed by atoms with E-state index in [1.807, 2.05) is 31.7 Å². The molecule has 25 heavy (non-hydrogen) atoms. The van der Waals surface area contributed by atoms with Gasteiger partial charge in [0.15, 0.2) is 0 Å². The number of benzene rings is 1. The van der Waals surface area contributed by atoms with E-state index in [1.54, 1.807) is 0 Å². The first-order valence-corrected chi connectivity index (χ1v) is 9.46. The van der Waals surface area contributed by atoms with Crippen LogP contribution < -0.4 is 5.32 Å². The summed E-state index contributed by atoms with van der Waals surface area (Å²) in [4.78, 5) is 26.8. The monoisotopic (exact) mass is 342 g/mol. The van der Waals surface area contributed by atoms with Crippen LogP contribution in [0.15, 0.2) is 30.3 Å². The highest BCUT2D eigenvalue weighted by Gasteiger charge is 2.41. The highest BCUT2D eigenvalue weighted by atomic mass is 16.2. The Balaban J connectivity index is 1.65. The predicted molar refractivity (Wildman–Crippen MR) is 99.2 cm³/mol. The maximum atomic E-state index is 12.7. The van der Waals surface area contributed by atoms with Crippen molar-refractivity contribution in [3.63, 3.8) is 0 Å². The zero-order chi connectivity index (χ0) is 18.1. The molecule has 1 heterocycles. The fraction of sp³-hybridized carbons (Fsp3) is 0.619. The van der Waals surface area contributed by atoms with E-state index in [0.717, 1.165) is 12.8 Å². The first-order chi connectivity index (χ1) is 11.8. The Kier molecular flexibility index (Phi) is 4.90. The summed E-state index contributed by atoms with van der Waals surface area (Å²) in [7, 11) is 0. The summed E-state index contributed by atoms with van der Waals surface area (Å²) in [6, 6.07) is 10.5. The average Bonchev–Trinajstić information content (AvgIpc) is 3.20. The van der Waals surface area contributed by atoms with Crippen molar-refractivity contribution in [1.29, 1.82) is 0 Å². The largest absolute Gasteiger partial charge is 0.355 e. The van der Waals surface area contributed by atoms with Crippen LogP contribution in [0, 0.1) is 5.92 Å². The molecule has 136 valence electrons. The Bertz CT molecular complexity index is 627. The highest BCUT2D eigenvalue weighted by molar-refractivity contribution is 5.89. The van der Waals surface area contributed by atoms with Gasteiger partial charge in [0.1, 0.15) is 0 Å². The molecule has 1 unspecified atom stereocenters. The zero-order valence-electron chi connectivity index (χ0n) is 15.7. The van der Waals surface area contributed by atoms with Gasteiger partial charge in [-0.15, -0.1) is 0 Å². The minimum absolute atomic E-state index is 0.0299. The van der Waals surface area contributed by atoms with Crippen LogP contribution in [-0.2, 0) is 15.0 Å². The van der Waals surface area contributed by atoms with Crippen LogP contribution >= 0.6 is 0 Å². The van der Waals surface area contributed by atoms with E-state index in [-0.39, 0.29) is 28.7 Å². The third kappa shape index (κ3) is 3.73. The van der Waals surface area contributed by atoms with E-state index in [1.165, 1.54) is 18.4 Å². The number of carbonyl (C=O) groups is 2. The standard InChI is InChI=1S/C21H30N2O2/c1-20(2,3)23-14-16(13-18(23)24)19(25)22-15-21(11-7-8-12-21)17-9-5-4-6-10-17/h4-6,9-10,16H,7-8,11-15H2,1-3H3,(H,22,25). The zero-order valence-corrected chi connectivity index (χ0v) is 15.7. The van der Waals surface area contributed by atoms with Crippen LogP contribution in [0.25, 0.3) is 0 Å². The SMILES string of the molecule is CC(C)(C)N1CC(C(=O)NCC2(c3ccccc3)CCCC2)CC1=O. The second-order valence-corrected chi connectivity index (χ2v) is 8.65. The Hall–Kier alpha value is -1.84. The van der Waals surface area contributed by atoms with Crippen molar-refractivity contribution in [2.24, 2.45) is 5.92 Å². The van der Waals surface area contributed by atoms with Gasteiger partial charge in [0.05, 0.1) is 5.92 Å². The number of rotatable bonds is 4. The fourth-order valence-corrected chi connectivity index (χ4v) is 4.34. The average molecular weight is 342 g/mol. The molecule has 0 spiro atoms. The topological polar surface area (TPSA) is 49.4 Å². The summed E-state index contributed by atoms with van der Waals surface area (Å²) in [5.41, 5.74) is 1.16. The van der Waals surface area contributed by atoms with Crippen LogP contribution in [-0.4, -0.2) is 35.3 Å². The van der Waals surface area contributed by atoms with Crippen molar-refractivity contribution in [2.45, 2.75) is 63.8 Å². The molecule has 1 saturated heterocycles. The molecule has 1 saturated carbocycles. The molecular weight excluding hydrogens is 312 g/mol. The van der Waals surface area contributed by atoms with Gasteiger partial charge in [-0.25, -0.2) is 0 Å². The van der Waals surface area contributed by atoms with Gasteiger partial charge in [0.2, 0.25) is 11.8 Å². The number of likely N-dealkylation sites (tertiary alicyclic amines) is 1. The lowest BCUT2D eigenvalue weighted by atomic mass is 9.78. The second-order valence-electron chi connectivity index (χ2n) is 8.65. The van der Waals surface area contributed by atoms with E-state index in [9.17, 15) is 9.59 Å². The number of nitrogens with one attached hydrogen (secondary N) is 1. The fourth-order valence-electron chi connectivity index (χ4n) is 4.34. The van der Waals surface area contributed by atoms with Gasteiger partial charge >= 0.3 is 0 Å². The molecule has 4 nitrogen and oxygen atoms in total. The first kappa shape index (κ1) is 18.0. The maximum Gasteiger partial charge on any atom is 0.225 e. The smallest absolute Gasteiger partial charge is 0.225 e. The van der Waals surface area contributed by atoms with Crippen molar-refractivity contribution in [3.05, 3.63) is 35.9 Å². The van der Waals surface area contributed by atoms with Crippen LogP contribution in [0.2, 0.25) is 0 Å². The van der Waals surface area contributed by atoms with Crippen molar-refractivity contribution in [2.75, 3.05) is 13.1 Å². The summed E-state index contributed by atoms with van der Waals surface area (Å²) in [5, 5.41) is 3.18. The van der Waals surface area contributed by atoms with Crippen LogP contribution in [0.3, 0.4) is 0 Å². The Morgan fingerprint density at radius 1 is 1.20 bits per heavy atom. The van der Waals surface area contributed by atoms with E-state index < -0.39 is 0 Å². The van der Waals surface area contributed by atoms with Gasteiger partial charge < -0.3 is 10.2 Å². The van der Waals surface area contributed by atoms with E-state index >= 15 is 0 Å². The number of hydrogen-bond acceptors (Lipinski definition) is 2. The molecule has 0 bridgehead atoms. The molecular formula is C21H30N2O2. The minimum atomic E-state index is -0.221. The Morgan fingerprint density at radius 2 is 1.84 bits per heavy atom.